The van der Waals surface area contributed by atoms with Gasteiger partial charge in [0.2, 0.25) is 0 Å². The molecule has 0 aliphatic rings. The van der Waals surface area contributed by atoms with E-state index in [0.29, 0.717) is 5.39 Å². The number of pyridine rings is 1. The molecule has 0 atom stereocenters. The molecular formula is C13H15F3N2. The van der Waals surface area contributed by atoms with Crippen LogP contribution in [0.5, 0.6) is 0 Å². The van der Waals surface area contributed by atoms with Crippen LogP contribution in [-0.2, 0) is 12.7 Å². The van der Waals surface area contributed by atoms with Crippen molar-refractivity contribution < 1.29 is 13.2 Å². The Morgan fingerprint density at radius 3 is 2.50 bits per heavy atom. The van der Waals surface area contributed by atoms with Gasteiger partial charge >= 0.3 is 6.18 Å². The van der Waals surface area contributed by atoms with Crippen LogP contribution in [0.3, 0.4) is 0 Å². The molecule has 0 bridgehead atoms. The Morgan fingerprint density at radius 1 is 1.28 bits per heavy atom. The summed E-state index contributed by atoms with van der Waals surface area (Å²) in [6.07, 6.45) is -2.12. The number of rotatable bonds is 2. The third-order valence-corrected chi connectivity index (χ3v) is 3.26. The fourth-order valence-electron chi connectivity index (χ4n) is 2.21. The van der Waals surface area contributed by atoms with Gasteiger partial charge in [-0.15, -0.1) is 0 Å². The minimum absolute atomic E-state index is 0.642. The number of nitrogens with zero attached hydrogens (tertiary/aromatic N) is 2. The lowest BCUT2D eigenvalue weighted by atomic mass is 10.1. The standard InChI is InChI=1S/C13H15F3N2/c1-4-5-18-9(3)8(2)10-6-12(13(14,15)16)17-7-11(10)18/h6-7H,4-5H2,1-3H3. The van der Waals surface area contributed by atoms with Gasteiger partial charge in [0, 0.05) is 17.6 Å². The first-order valence-corrected chi connectivity index (χ1v) is 5.89. The van der Waals surface area contributed by atoms with E-state index >= 15 is 0 Å². The van der Waals surface area contributed by atoms with Gasteiger partial charge < -0.3 is 4.57 Å². The molecule has 0 fully saturated rings. The molecular weight excluding hydrogens is 241 g/mol. The van der Waals surface area contributed by atoms with Gasteiger partial charge in [0.25, 0.3) is 0 Å². The molecule has 0 amide bonds. The highest BCUT2D eigenvalue weighted by Gasteiger charge is 2.33. The van der Waals surface area contributed by atoms with Crippen LogP contribution in [0.4, 0.5) is 13.2 Å². The molecule has 18 heavy (non-hydrogen) atoms. The highest BCUT2D eigenvalue weighted by molar-refractivity contribution is 5.85. The van der Waals surface area contributed by atoms with E-state index in [0.717, 1.165) is 35.8 Å². The number of hydrogen-bond acceptors (Lipinski definition) is 1. The maximum Gasteiger partial charge on any atom is 0.433 e. The Balaban J connectivity index is 2.69. The first-order valence-electron chi connectivity index (χ1n) is 5.89. The molecule has 5 heteroatoms. The van der Waals surface area contributed by atoms with Crippen LogP contribution in [0.15, 0.2) is 12.3 Å². The molecule has 2 heterocycles. The lowest BCUT2D eigenvalue weighted by molar-refractivity contribution is -0.141. The molecule has 2 aromatic rings. The quantitative estimate of drug-likeness (QED) is 0.791. The summed E-state index contributed by atoms with van der Waals surface area (Å²) >= 11 is 0. The van der Waals surface area contributed by atoms with E-state index < -0.39 is 11.9 Å². The van der Waals surface area contributed by atoms with Crippen LogP contribution >= 0.6 is 0 Å². The van der Waals surface area contributed by atoms with Crippen molar-refractivity contribution in [3.05, 3.63) is 29.2 Å². The van der Waals surface area contributed by atoms with Crippen LogP contribution < -0.4 is 0 Å². The summed E-state index contributed by atoms with van der Waals surface area (Å²) in [5, 5.41) is 0.642. The molecule has 0 radical (unpaired) electrons. The largest absolute Gasteiger partial charge is 0.433 e. The molecule has 0 spiro atoms. The summed E-state index contributed by atoms with van der Waals surface area (Å²) in [4.78, 5) is 3.53. The summed E-state index contributed by atoms with van der Waals surface area (Å²) in [6.45, 7) is 6.61. The molecule has 2 rings (SSSR count). The van der Waals surface area contributed by atoms with E-state index in [9.17, 15) is 13.2 Å². The topological polar surface area (TPSA) is 17.8 Å². The van der Waals surface area contributed by atoms with Crippen molar-refractivity contribution in [3.8, 4) is 0 Å². The van der Waals surface area contributed by atoms with E-state index in [1.165, 1.54) is 6.20 Å². The molecule has 0 saturated heterocycles. The van der Waals surface area contributed by atoms with Gasteiger partial charge in [-0.05, 0) is 31.9 Å². The molecule has 0 aliphatic carbocycles. The van der Waals surface area contributed by atoms with Crippen LogP contribution in [-0.4, -0.2) is 9.55 Å². The van der Waals surface area contributed by atoms with Crippen LogP contribution in [0, 0.1) is 13.8 Å². The Kier molecular flexibility index (Phi) is 3.09. The van der Waals surface area contributed by atoms with Crippen molar-refractivity contribution in [2.24, 2.45) is 0 Å². The van der Waals surface area contributed by atoms with Gasteiger partial charge in [-0.1, -0.05) is 6.92 Å². The van der Waals surface area contributed by atoms with Gasteiger partial charge in [0.1, 0.15) is 5.69 Å². The van der Waals surface area contributed by atoms with Crippen molar-refractivity contribution in [2.45, 2.75) is 39.9 Å². The third kappa shape index (κ3) is 1.98. The zero-order chi connectivity index (χ0) is 13.5. The van der Waals surface area contributed by atoms with Crippen molar-refractivity contribution in [3.63, 3.8) is 0 Å². The van der Waals surface area contributed by atoms with Gasteiger partial charge in [0.15, 0.2) is 0 Å². The maximum absolute atomic E-state index is 12.6. The number of halogens is 3. The normalized spacial score (nSPS) is 12.3. The molecule has 0 saturated carbocycles. The second kappa shape index (κ2) is 4.30. The molecule has 0 unspecified atom stereocenters. The molecule has 0 aromatic carbocycles. The summed E-state index contributed by atoms with van der Waals surface area (Å²) in [7, 11) is 0. The number of hydrogen-bond donors (Lipinski definition) is 0. The lowest BCUT2D eigenvalue weighted by Gasteiger charge is -2.07. The smallest absolute Gasteiger partial charge is 0.343 e. The Morgan fingerprint density at radius 2 is 1.94 bits per heavy atom. The lowest BCUT2D eigenvalue weighted by Crippen LogP contribution is -2.07. The molecule has 2 aromatic heterocycles. The second-order valence-corrected chi connectivity index (χ2v) is 4.45. The zero-order valence-electron chi connectivity index (χ0n) is 10.6. The monoisotopic (exact) mass is 256 g/mol. The van der Waals surface area contributed by atoms with Crippen LogP contribution in [0.1, 0.15) is 30.3 Å². The molecule has 98 valence electrons. The minimum atomic E-state index is -4.39. The van der Waals surface area contributed by atoms with Crippen molar-refractivity contribution in [1.29, 1.82) is 0 Å². The summed E-state index contributed by atoms with van der Waals surface area (Å²) in [6, 6.07) is 1.14. The average molecular weight is 256 g/mol. The van der Waals surface area contributed by atoms with E-state index in [4.69, 9.17) is 0 Å². The van der Waals surface area contributed by atoms with Crippen molar-refractivity contribution in [2.75, 3.05) is 0 Å². The second-order valence-electron chi connectivity index (χ2n) is 4.45. The summed E-state index contributed by atoms with van der Waals surface area (Å²) in [5.74, 6) is 0. The van der Waals surface area contributed by atoms with Crippen molar-refractivity contribution >= 4 is 10.9 Å². The van der Waals surface area contributed by atoms with Crippen molar-refractivity contribution in [1.82, 2.24) is 9.55 Å². The van der Waals surface area contributed by atoms with E-state index in [2.05, 4.69) is 4.98 Å². The van der Waals surface area contributed by atoms with E-state index in [-0.39, 0.29) is 0 Å². The Hall–Kier alpha value is -1.52. The fourth-order valence-corrected chi connectivity index (χ4v) is 2.21. The average Bonchev–Trinajstić information content (AvgIpc) is 2.54. The molecule has 0 N–H and O–H groups in total. The van der Waals surface area contributed by atoms with E-state index in [1.807, 2.05) is 25.3 Å². The van der Waals surface area contributed by atoms with Crippen LogP contribution in [0.2, 0.25) is 0 Å². The predicted octanol–water partition coefficient (Wildman–Crippen LogP) is 4.08. The predicted molar refractivity (Wildman–Crippen MR) is 64.5 cm³/mol. The number of aromatic nitrogens is 2. The van der Waals surface area contributed by atoms with E-state index in [1.54, 1.807) is 0 Å². The summed E-state index contributed by atoms with van der Waals surface area (Å²) in [5.41, 5.74) is 1.85. The fraction of sp³-hybridized carbons (Fsp3) is 0.462. The van der Waals surface area contributed by atoms with Gasteiger partial charge in [-0.25, -0.2) is 4.98 Å². The van der Waals surface area contributed by atoms with Crippen LogP contribution in [0.25, 0.3) is 10.9 Å². The number of aryl methyl sites for hydroxylation is 2. The minimum Gasteiger partial charge on any atom is -0.343 e. The van der Waals surface area contributed by atoms with Gasteiger partial charge in [-0.3, -0.25) is 0 Å². The Labute approximate surface area is 103 Å². The van der Waals surface area contributed by atoms with Gasteiger partial charge in [0.05, 0.1) is 11.7 Å². The first kappa shape index (κ1) is 12.9. The Bertz CT molecular complexity index is 582. The SMILES string of the molecule is CCCn1c(C)c(C)c2cc(C(F)(F)F)ncc21. The maximum atomic E-state index is 12.6. The number of fused-ring (bicyclic) bond motifs is 1. The zero-order valence-corrected chi connectivity index (χ0v) is 10.6. The number of alkyl halides is 3. The summed E-state index contributed by atoms with van der Waals surface area (Å²) < 4.78 is 39.9. The molecule has 2 nitrogen and oxygen atoms in total. The first-order chi connectivity index (χ1) is 8.36. The highest BCUT2D eigenvalue weighted by atomic mass is 19.4. The molecule has 0 aliphatic heterocycles. The van der Waals surface area contributed by atoms with Gasteiger partial charge in [-0.2, -0.15) is 13.2 Å². The highest BCUT2D eigenvalue weighted by Crippen LogP contribution is 2.32. The third-order valence-electron chi connectivity index (χ3n) is 3.26.